The molecule has 0 aromatic heterocycles. The van der Waals surface area contributed by atoms with E-state index in [0.29, 0.717) is 5.69 Å². The van der Waals surface area contributed by atoms with Crippen LogP contribution in [0, 0.1) is 6.92 Å². The third-order valence-electron chi connectivity index (χ3n) is 2.15. The van der Waals surface area contributed by atoms with Gasteiger partial charge in [-0.15, -0.1) is 0 Å². The van der Waals surface area contributed by atoms with Crippen LogP contribution in [0.3, 0.4) is 0 Å². The summed E-state index contributed by atoms with van der Waals surface area (Å²) in [5, 5.41) is 0. The Hall–Kier alpha value is -0.0700. The first-order valence-corrected chi connectivity index (χ1v) is 6.05. The van der Waals surface area contributed by atoms with E-state index in [1.807, 2.05) is 30.7 Å². The normalized spacial score (nSPS) is 11.1. The van der Waals surface area contributed by atoms with Crippen LogP contribution < -0.4 is 34.3 Å². The van der Waals surface area contributed by atoms with Crippen molar-refractivity contribution in [2.45, 2.75) is 26.7 Å². The molecule has 1 aromatic carbocycles. The summed E-state index contributed by atoms with van der Waals surface area (Å²) in [6, 6.07) is 5.41. The smallest absolute Gasteiger partial charge is 0.731 e. The minimum absolute atomic E-state index is 0. The van der Waals surface area contributed by atoms with Gasteiger partial charge in [0.15, 0.2) is 10.3 Å². The molecule has 0 spiro atoms. The number of aryl methyl sites for hydroxylation is 1. The van der Waals surface area contributed by atoms with Crippen molar-refractivity contribution in [1.82, 2.24) is 0 Å². The molecular formula is C10H14NNaO3S. The molecular weight excluding hydrogens is 237 g/mol. The summed E-state index contributed by atoms with van der Waals surface area (Å²) in [4.78, 5) is 0. The topological polar surface area (TPSA) is 69.2 Å². The number of rotatable bonds is 3. The van der Waals surface area contributed by atoms with Crippen LogP contribution in [0.4, 0.5) is 5.69 Å². The van der Waals surface area contributed by atoms with Crippen LogP contribution in [0.1, 0.15) is 30.9 Å². The Morgan fingerprint density at radius 1 is 1.31 bits per heavy atom. The van der Waals surface area contributed by atoms with E-state index in [4.69, 9.17) is 0 Å². The van der Waals surface area contributed by atoms with Gasteiger partial charge < -0.3 is 4.55 Å². The molecule has 0 saturated carbocycles. The van der Waals surface area contributed by atoms with Gasteiger partial charge in [-0.2, -0.15) is 0 Å². The summed E-state index contributed by atoms with van der Waals surface area (Å²) in [7, 11) is -4.46. The molecule has 0 radical (unpaired) electrons. The molecule has 4 nitrogen and oxygen atoms in total. The standard InChI is InChI=1S/C10H15NO3S.Na/c1-7(2)9-6-4-5-8(3)10(9)11-15(12,13)14;/h4-7,11H,1-3H3,(H,12,13,14);/q;+1/p-1. The van der Waals surface area contributed by atoms with Gasteiger partial charge in [-0.1, -0.05) is 32.0 Å². The number of anilines is 1. The second kappa shape index (κ2) is 6.02. The van der Waals surface area contributed by atoms with Crippen molar-refractivity contribution in [3.8, 4) is 0 Å². The molecule has 1 aromatic rings. The van der Waals surface area contributed by atoms with Crippen LogP contribution in [0.25, 0.3) is 0 Å². The minimum Gasteiger partial charge on any atom is -0.731 e. The molecule has 0 bridgehead atoms. The maximum atomic E-state index is 10.7. The molecule has 16 heavy (non-hydrogen) atoms. The molecule has 0 saturated heterocycles. The van der Waals surface area contributed by atoms with Crippen molar-refractivity contribution in [2.75, 3.05) is 4.72 Å². The molecule has 1 N–H and O–H groups in total. The number of para-hydroxylation sites is 1. The van der Waals surface area contributed by atoms with E-state index in [1.165, 1.54) is 0 Å². The SMILES string of the molecule is Cc1cccc(C(C)C)c1NS(=O)(=O)[O-].[Na+]. The second-order valence-corrected chi connectivity index (χ2v) is 4.86. The maximum Gasteiger partial charge on any atom is 1.00 e. The van der Waals surface area contributed by atoms with E-state index < -0.39 is 10.3 Å². The van der Waals surface area contributed by atoms with Crippen LogP contribution in [0.2, 0.25) is 0 Å². The fourth-order valence-corrected chi connectivity index (χ4v) is 1.96. The monoisotopic (exact) mass is 251 g/mol. The Kier molecular flexibility index (Phi) is 6.00. The fourth-order valence-electron chi connectivity index (χ4n) is 1.44. The van der Waals surface area contributed by atoms with Crippen LogP contribution >= 0.6 is 0 Å². The Morgan fingerprint density at radius 3 is 2.31 bits per heavy atom. The van der Waals surface area contributed by atoms with Gasteiger partial charge in [-0.25, -0.2) is 8.42 Å². The van der Waals surface area contributed by atoms with Gasteiger partial charge in [0.2, 0.25) is 0 Å². The van der Waals surface area contributed by atoms with Crippen molar-refractivity contribution in [2.24, 2.45) is 0 Å². The van der Waals surface area contributed by atoms with Gasteiger partial charge in [0.25, 0.3) is 0 Å². The van der Waals surface area contributed by atoms with E-state index in [-0.39, 0.29) is 35.5 Å². The zero-order chi connectivity index (χ0) is 11.6. The summed E-state index contributed by atoms with van der Waals surface area (Å²) < 4.78 is 34.0. The Morgan fingerprint density at radius 2 is 1.88 bits per heavy atom. The van der Waals surface area contributed by atoms with Crippen molar-refractivity contribution < 1.29 is 42.5 Å². The summed E-state index contributed by atoms with van der Waals surface area (Å²) in [5.74, 6) is 0.161. The summed E-state index contributed by atoms with van der Waals surface area (Å²) in [6.45, 7) is 5.65. The zero-order valence-corrected chi connectivity index (χ0v) is 12.8. The molecule has 0 fully saturated rings. The van der Waals surface area contributed by atoms with Crippen molar-refractivity contribution in [3.63, 3.8) is 0 Å². The average molecular weight is 251 g/mol. The zero-order valence-electron chi connectivity index (χ0n) is 9.94. The quantitative estimate of drug-likeness (QED) is 0.553. The van der Waals surface area contributed by atoms with E-state index >= 15 is 0 Å². The largest absolute Gasteiger partial charge is 1.00 e. The van der Waals surface area contributed by atoms with E-state index in [0.717, 1.165) is 11.1 Å². The predicted octanol–water partition coefficient (Wildman–Crippen LogP) is -1.01. The first-order chi connectivity index (χ1) is 6.81. The average Bonchev–Trinajstić information content (AvgIpc) is 2.05. The van der Waals surface area contributed by atoms with Gasteiger partial charge in [-0.3, -0.25) is 4.72 Å². The first kappa shape index (κ1) is 15.9. The fraction of sp³-hybridized carbons (Fsp3) is 0.400. The summed E-state index contributed by atoms with van der Waals surface area (Å²) >= 11 is 0. The van der Waals surface area contributed by atoms with E-state index in [2.05, 4.69) is 0 Å². The Bertz CT molecular complexity index is 457. The number of nitrogens with one attached hydrogen (secondary N) is 1. The van der Waals surface area contributed by atoms with Gasteiger partial charge in [0.05, 0.1) is 5.69 Å². The number of hydrogen-bond donors (Lipinski definition) is 1. The summed E-state index contributed by atoms with van der Waals surface area (Å²) in [6.07, 6.45) is 0. The van der Waals surface area contributed by atoms with Crippen molar-refractivity contribution in [1.29, 1.82) is 0 Å². The van der Waals surface area contributed by atoms with Gasteiger partial charge in [0.1, 0.15) is 0 Å². The molecule has 0 amide bonds. The predicted molar refractivity (Wildman–Crippen MR) is 58.6 cm³/mol. The van der Waals surface area contributed by atoms with Gasteiger partial charge in [0, 0.05) is 0 Å². The molecule has 0 aliphatic heterocycles. The maximum absolute atomic E-state index is 10.7. The van der Waals surface area contributed by atoms with Crippen molar-refractivity contribution in [3.05, 3.63) is 29.3 Å². The molecule has 0 aliphatic carbocycles. The van der Waals surface area contributed by atoms with Crippen molar-refractivity contribution >= 4 is 16.0 Å². The molecule has 84 valence electrons. The third kappa shape index (κ3) is 4.43. The van der Waals surface area contributed by atoms with Crippen LogP contribution in [0.5, 0.6) is 0 Å². The molecule has 1 rings (SSSR count). The minimum atomic E-state index is -4.46. The van der Waals surface area contributed by atoms with Gasteiger partial charge >= 0.3 is 29.6 Å². The molecule has 0 aliphatic rings. The summed E-state index contributed by atoms with van der Waals surface area (Å²) in [5.41, 5.74) is 1.98. The number of hydrogen-bond acceptors (Lipinski definition) is 3. The van der Waals surface area contributed by atoms with E-state index in [9.17, 15) is 13.0 Å². The number of benzene rings is 1. The third-order valence-corrected chi connectivity index (χ3v) is 2.61. The molecule has 0 atom stereocenters. The van der Waals surface area contributed by atoms with Crippen LogP contribution in [0.15, 0.2) is 18.2 Å². The van der Waals surface area contributed by atoms with Crippen LogP contribution in [-0.2, 0) is 10.3 Å². The Balaban J connectivity index is 0.00000225. The van der Waals surface area contributed by atoms with Gasteiger partial charge in [-0.05, 0) is 24.0 Å². The second-order valence-electron chi connectivity index (χ2n) is 3.75. The molecule has 6 heteroatoms. The van der Waals surface area contributed by atoms with E-state index in [1.54, 1.807) is 13.0 Å². The Labute approximate surface area is 119 Å². The molecule has 0 unspecified atom stereocenters. The molecule has 0 heterocycles. The van der Waals surface area contributed by atoms with Crippen LogP contribution in [-0.4, -0.2) is 13.0 Å². The first-order valence-electron chi connectivity index (χ1n) is 4.64.